The van der Waals surface area contributed by atoms with Crippen LogP contribution in [0, 0.1) is 0 Å². The molecule has 1 N–H and O–H groups in total. The number of rotatable bonds is 4. The number of nitrogens with zero attached hydrogens (tertiary/aromatic N) is 1. The van der Waals surface area contributed by atoms with Gasteiger partial charge in [-0.05, 0) is 5.56 Å². The normalized spacial score (nSPS) is 13.4. The Hall–Kier alpha value is -0.860. The molecule has 1 unspecified atom stereocenters. The molecule has 13 heavy (non-hydrogen) atoms. The fourth-order valence-corrected chi connectivity index (χ4v) is 0.965. The van der Waals surface area contributed by atoms with E-state index in [4.69, 9.17) is 16.7 Å². The Labute approximate surface area is 82.9 Å². The minimum absolute atomic E-state index is 0.228. The van der Waals surface area contributed by atoms with Gasteiger partial charge in [-0.3, -0.25) is 4.99 Å². The van der Waals surface area contributed by atoms with Crippen LogP contribution in [0.25, 0.3) is 0 Å². The third-order valence-corrected chi connectivity index (χ3v) is 1.89. The summed E-state index contributed by atoms with van der Waals surface area (Å²) in [5, 5.41) is 9.09. The summed E-state index contributed by atoms with van der Waals surface area (Å²) < 4.78 is 0. The highest BCUT2D eigenvalue weighted by Gasteiger charge is 1.97. The van der Waals surface area contributed by atoms with Gasteiger partial charge in [0.15, 0.2) is 0 Å². The van der Waals surface area contributed by atoms with Gasteiger partial charge in [0.05, 0.1) is 18.5 Å². The first kappa shape index (κ1) is 10.2. The molecule has 1 atom stereocenters. The molecule has 0 amide bonds. The Bertz CT molecular complexity index is 261. The lowest BCUT2D eigenvalue weighted by Crippen LogP contribution is -2.12. The van der Waals surface area contributed by atoms with Gasteiger partial charge in [-0.15, -0.1) is 11.6 Å². The third-order valence-electron chi connectivity index (χ3n) is 1.53. The summed E-state index contributed by atoms with van der Waals surface area (Å²) in [6, 6.07) is 9.75. The molecule has 1 aromatic carbocycles. The van der Waals surface area contributed by atoms with E-state index in [1.807, 2.05) is 30.3 Å². The maximum atomic E-state index is 9.09. The van der Waals surface area contributed by atoms with Crippen molar-refractivity contribution in [1.82, 2.24) is 0 Å². The van der Waals surface area contributed by atoms with E-state index < -0.39 is 6.10 Å². The van der Waals surface area contributed by atoms with E-state index in [9.17, 15) is 0 Å². The molecule has 0 aliphatic heterocycles. The number of alkyl halides is 1. The molecular weight excluding hydrogens is 186 g/mol. The highest BCUT2D eigenvalue weighted by atomic mass is 35.5. The molecule has 0 saturated carbocycles. The second kappa shape index (κ2) is 5.73. The van der Waals surface area contributed by atoms with Crippen LogP contribution in [-0.4, -0.2) is 29.8 Å². The second-order valence-electron chi connectivity index (χ2n) is 2.71. The molecule has 0 spiro atoms. The Morgan fingerprint density at radius 1 is 1.38 bits per heavy atom. The molecule has 0 saturated heterocycles. The molecular formula is C10H12ClNO. The van der Waals surface area contributed by atoms with Gasteiger partial charge in [0.1, 0.15) is 0 Å². The number of hydrogen-bond acceptors (Lipinski definition) is 2. The highest BCUT2D eigenvalue weighted by molar-refractivity contribution is 6.18. The third kappa shape index (κ3) is 4.06. The fraction of sp³-hybridized carbons (Fsp3) is 0.300. The van der Waals surface area contributed by atoms with Gasteiger partial charge in [-0.2, -0.15) is 0 Å². The number of hydrogen-bond donors (Lipinski definition) is 1. The number of aliphatic hydroxyl groups excluding tert-OH is 1. The van der Waals surface area contributed by atoms with E-state index in [2.05, 4.69) is 4.99 Å². The smallest absolute Gasteiger partial charge is 0.0870 e. The summed E-state index contributed by atoms with van der Waals surface area (Å²) in [5.41, 5.74) is 1.03. The molecule has 70 valence electrons. The van der Waals surface area contributed by atoms with Crippen LogP contribution in [0.2, 0.25) is 0 Å². The van der Waals surface area contributed by atoms with Crippen molar-refractivity contribution >= 4 is 17.8 Å². The molecule has 0 aromatic heterocycles. The van der Waals surface area contributed by atoms with Gasteiger partial charge in [-0.25, -0.2) is 0 Å². The van der Waals surface area contributed by atoms with Crippen molar-refractivity contribution in [1.29, 1.82) is 0 Å². The van der Waals surface area contributed by atoms with Crippen molar-refractivity contribution in [3.05, 3.63) is 35.9 Å². The van der Waals surface area contributed by atoms with Crippen molar-refractivity contribution in [2.45, 2.75) is 6.10 Å². The molecule has 0 heterocycles. The van der Waals surface area contributed by atoms with Crippen LogP contribution in [0.1, 0.15) is 5.56 Å². The van der Waals surface area contributed by atoms with Crippen LogP contribution >= 0.6 is 11.6 Å². The van der Waals surface area contributed by atoms with Gasteiger partial charge in [0.2, 0.25) is 0 Å². The fourth-order valence-electron chi connectivity index (χ4n) is 0.868. The van der Waals surface area contributed by atoms with Gasteiger partial charge >= 0.3 is 0 Å². The maximum Gasteiger partial charge on any atom is 0.0870 e. The first-order valence-electron chi connectivity index (χ1n) is 4.12. The zero-order valence-electron chi connectivity index (χ0n) is 7.23. The minimum Gasteiger partial charge on any atom is -0.390 e. The van der Waals surface area contributed by atoms with Crippen LogP contribution in [0.3, 0.4) is 0 Å². The summed E-state index contributed by atoms with van der Waals surface area (Å²) in [6.07, 6.45) is 1.19. The van der Waals surface area contributed by atoms with Crippen molar-refractivity contribution in [2.24, 2.45) is 4.99 Å². The Morgan fingerprint density at radius 2 is 2.08 bits per heavy atom. The molecule has 0 bridgehead atoms. The van der Waals surface area contributed by atoms with Crippen molar-refractivity contribution in [2.75, 3.05) is 12.4 Å². The summed E-state index contributed by atoms with van der Waals surface area (Å²) in [6.45, 7) is 0.360. The summed E-state index contributed by atoms with van der Waals surface area (Å²) >= 11 is 5.41. The lowest BCUT2D eigenvalue weighted by atomic mass is 10.2. The number of benzene rings is 1. The summed E-state index contributed by atoms with van der Waals surface area (Å²) in [4.78, 5) is 4.05. The van der Waals surface area contributed by atoms with Gasteiger partial charge < -0.3 is 5.11 Å². The Morgan fingerprint density at radius 3 is 2.69 bits per heavy atom. The molecule has 0 fully saturated rings. The Balaban J connectivity index is 2.41. The predicted molar refractivity (Wildman–Crippen MR) is 55.6 cm³/mol. The second-order valence-corrected chi connectivity index (χ2v) is 3.02. The molecule has 0 aliphatic carbocycles. The van der Waals surface area contributed by atoms with Gasteiger partial charge in [0, 0.05) is 6.21 Å². The van der Waals surface area contributed by atoms with Crippen LogP contribution in [-0.2, 0) is 0 Å². The van der Waals surface area contributed by atoms with E-state index >= 15 is 0 Å². The first-order chi connectivity index (χ1) is 6.33. The van der Waals surface area contributed by atoms with Crippen LogP contribution < -0.4 is 0 Å². The van der Waals surface area contributed by atoms with E-state index in [1.54, 1.807) is 6.21 Å². The lowest BCUT2D eigenvalue weighted by molar-refractivity contribution is 0.207. The van der Waals surface area contributed by atoms with Crippen LogP contribution in [0.5, 0.6) is 0 Å². The average molecular weight is 198 g/mol. The quantitative estimate of drug-likeness (QED) is 0.579. The van der Waals surface area contributed by atoms with Gasteiger partial charge in [0.25, 0.3) is 0 Å². The van der Waals surface area contributed by atoms with Crippen molar-refractivity contribution < 1.29 is 5.11 Å². The van der Waals surface area contributed by atoms with E-state index in [1.165, 1.54) is 0 Å². The van der Waals surface area contributed by atoms with Crippen molar-refractivity contribution in [3.63, 3.8) is 0 Å². The number of aliphatic hydroxyl groups is 1. The lowest BCUT2D eigenvalue weighted by Gasteiger charge is -1.99. The van der Waals surface area contributed by atoms with E-state index in [0.717, 1.165) is 5.56 Å². The molecule has 0 aliphatic rings. The minimum atomic E-state index is -0.540. The topological polar surface area (TPSA) is 32.6 Å². The van der Waals surface area contributed by atoms with Crippen molar-refractivity contribution in [3.8, 4) is 0 Å². The van der Waals surface area contributed by atoms with E-state index in [0.29, 0.717) is 6.54 Å². The Kier molecular flexibility index (Phi) is 4.50. The largest absolute Gasteiger partial charge is 0.390 e. The highest BCUT2D eigenvalue weighted by Crippen LogP contribution is 1.95. The standard InChI is InChI=1S/C10H12ClNO/c11-6-10(13)8-12-7-9-4-2-1-3-5-9/h1-5,7,10,13H,6,8H2/b12-7+. The number of halogens is 1. The maximum absolute atomic E-state index is 9.09. The van der Waals surface area contributed by atoms with Gasteiger partial charge in [-0.1, -0.05) is 30.3 Å². The summed E-state index contributed by atoms with van der Waals surface area (Å²) in [5.74, 6) is 0.228. The predicted octanol–water partition coefficient (Wildman–Crippen LogP) is 1.71. The number of aliphatic imine (C=N–C) groups is 1. The molecule has 3 heteroatoms. The first-order valence-corrected chi connectivity index (χ1v) is 4.65. The molecule has 1 aromatic rings. The average Bonchev–Trinajstić information content (AvgIpc) is 2.19. The monoisotopic (exact) mass is 197 g/mol. The van der Waals surface area contributed by atoms with Crippen LogP contribution in [0.15, 0.2) is 35.3 Å². The van der Waals surface area contributed by atoms with E-state index in [-0.39, 0.29) is 5.88 Å². The zero-order valence-corrected chi connectivity index (χ0v) is 7.98. The molecule has 1 rings (SSSR count). The van der Waals surface area contributed by atoms with Crippen LogP contribution in [0.4, 0.5) is 0 Å². The summed E-state index contributed by atoms with van der Waals surface area (Å²) in [7, 11) is 0. The molecule has 2 nitrogen and oxygen atoms in total. The zero-order chi connectivity index (χ0) is 9.52. The SMILES string of the molecule is OC(CCl)C/N=C/c1ccccc1. The molecule has 0 radical (unpaired) electrons.